The maximum absolute atomic E-state index is 6.41. The van der Waals surface area contributed by atoms with Crippen molar-refractivity contribution < 1.29 is 0 Å². The minimum absolute atomic E-state index is 0.195. The number of aromatic nitrogens is 1. The first-order valence-electron chi connectivity index (χ1n) is 5.56. The van der Waals surface area contributed by atoms with Crippen LogP contribution in [0.5, 0.6) is 0 Å². The minimum atomic E-state index is -0.195. The molecule has 3 N–H and O–H groups in total. The maximum atomic E-state index is 6.41. The van der Waals surface area contributed by atoms with Crippen LogP contribution in [0.3, 0.4) is 0 Å². The third kappa shape index (κ3) is 1.55. The van der Waals surface area contributed by atoms with E-state index in [1.807, 2.05) is 6.07 Å². The molecule has 80 valence electrons. The molecule has 0 unspecified atom stereocenters. The number of hydrogen-bond donors (Lipinski definition) is 2. The van der Waals surface area contributed by atoms with Crippen molar-refractivity contribution in [2.24, 2.45) is 5.73 Å². The zero-order chi connectivity index (χ0) is 10.9. The third-order valence-corrected chi connectivity index (χ3v) is 3.39. The Morgan fingerprint density at radius 2 is 1.87 bits per heavy atom. The number of benzene rings is 1. The summed E-state index contributed by atoms with van der Waals surface area (Å²) in [6, 6.07) is 8.32. The monoisotopic (exact) mass is 202 g/mol. The van der Waals surface area contributed by atoms with Crippen molar-refractivity contribution in [1.82, 2.24) is 4.98 Å². The zero-order valence-electron chi connectivity index (χ0n) is 9.38. The highest BCUT2D eigenvalue weighted by atomic mass is 14.8. The van der Waals surface area contributed by atoms with Crippen molar-refractivity contribution in [3.63, 3.8) is 0 Å². The lowest BCUT2D eigenvalue weighted by Gasteiger charge is -2.26. The van der Waals surface area contributed by atoms with Crippen LogP contribution < -0.4 is 5.73 Å². The van der Waals surface area contributed by atoms with Gasteiger partial charge in [0.05, 0.1) is 0 Å². The van der Waals surface area contributed by atoms with E-state index in [0.29, 0.717) is 0 Å². The standard InChI is InChI=1S/C13H18N2/c1-3-13(14,4-2)11-9-15-12-8-6-5-7-10(11)12/h5-9,15H,3-4,14H2,1-2H3. The molecule has 0 aliphatic rings. The summed E-state index contributed by atoms with van der Waals surface area (Å²) in [6.45, 7) is 4.29. The van der Waals surface area contributed by atoms with Crippen LogP contribution in [0.15, 0.2) is 30.5 Å². The van der Waals surface area contributed by atoms with Gasteiger partial charge in [0.15, 0.2) is 0 Å². The average molecular weight is 202 g/mol. The molecular weight excluding hydrogens is 184 g/mol. The molecule has 1 heterocycles. The molecule has 0 aliphatic carbocycles. The Labute approximate surface area is 90.5 Å². The summed E-state index contributed by atoms with van der Waals surface area (Å²) < 4.78 is 0. The van der Waals surface area contributed by atoms with Gasteiger partial charge in [-0.2, -0.15) is 0 Å². The zero-order valence-corrected chi connectivity index (χ0v) is 9.38. The Morgan fingerprint density at radius 1 is 1.20 bits per heavy atom. The van der Waals surface area contributed by atoms with Gasteiger partial charge in [0.25, 0.3) is 0 Å². The Kier molecular flexibility index (Phi) is 2.53. The van der Waals surface area contributed by atoms with E-state index in [1.54, 1.807) is 0 Å². The summed E-state index contributed by atoms with van der Waals surface area (Å²) in [6.07, 6.45) is 3.98. The van der Waals surface area contributed by atoms with Gasteiger partial charge in [0.2, 0.25) is 0 Å². The normalized spacial score (nSPS) is 12.2. The molecule has 0 aliphatic heterocycles. The van der Waals surface area contributed by atoms with Crippen molar-refractivity contribution in [3.8, 4) is 0 Å². The number of aromatic amines is 1. The Bertz CT molecular complexity index is 452. The smallest absolute Gasteiger partial charge is 0.0457 e. The first-order chi connectivity index (χ1) is 7.21. The van der Waals surface area contributed by atoms with E-state index < -0.39 is 0 Å². The van der Waals surface area contributed by atoms with E-state index in [0.717, 1.165) is 12.8 Å². The second-order valence-electron chi connectivity index (χ2n) is 4.11. The highest BCUT2D eigenvalue weighted by Crippen LogP contribution is 2.31. The van der Waals surface area contributed by atoms with E-state index in [-0.39, 0.29) is 5.54 Å². The summed E-state index contributed by atoms with van der Waals surface area (Å²) in [7, 11) is 0. The van der Waals surface area contributed by atoms with Crippen molar-refractivity contribution >= 4 is 10.9 Å². The van der Waals surface area contributed by atoms with E-state index in [1.165, 1.54) is 16.5 Å². The maximum Gasteiger partial charge on any atom is 0.0457 e. The molecule has 2 nitrogen and oxygen atoms in total. The predicted molar refractivity (Wildman–Crippen MR) is 64.7 cm³/mol. The van der Waals surface area contributed by atoms with Crippen molar-refractivity contribution in [1.29, 1.82) is 0 Å². The van der Waals surface area contributed by atoms with Crippen LogP contribution in [0, 0.1) is 0 Å². The Balaban J connectivity index is 2.61. The topological polar surface area (TPSA) is 41.8 Å². The number of nitrogens with one attached hydrogen (secondary N) is 1. The molecule has 0 saturated carbocycles. The first-order valence-corrected chi connectivity index (χ1v) is 5.56. The fourth-order valence-electron chi connectivity index (χ4n) is 2.11. The summed E-state index contributed by atoms with van der Waals surface area (Å²) in [5, 5.41) is 1.25. The van der Waals surface area contributed by atoms with Gasteiger partial charge in [-0.15, -0.1) is 0 Å². The average Bonchev–Trinajstić information content (AvgIpc) is 2.72. The molecule has 1 aromatic carbocycles. The lowest BCUT2D eigenvalue weighted by molar-refractivity contribution is 0.416. The van der Waals surface area contributed by atoms with E-state index in [9.17, 15) is 0 Å². The Hall–Kier alpha value is -1.28. The third-order valence-electron chi connectivity index (χ3n) is 3.39. The highest BCUT2D eigenvalue weighted by Gasteiger charge is 2.25. The van der Waals surface area contributed by atoms with Crippen LogP contribution in [0.25, 0.3) is 10.9 Å². The Morgan fingerprint density at radius 3 is 2.53 bits per heavy atom. The van der Waals surface area contributed by atoms with E-state index >= 15 is 0 Å². The molecule has 0 saturated heterocycles. The molecule has 0 bridgehead atoms. The van der Waals surface area contributed by atoms with Crippen LogP contribution in [0.1, 0.15) is 32.3 Å². The van der Waals surface area contributed by atoms with Crippen molar-refractivity contribution in [2.75, 3.05) is 0 Å². The van der Waals surface area contributed by atoms with Crippen molar-refractivity contribution in [3.05, 3.63) is 36.0 Å². The molecule has 0 spiro atoms. The molecule has 2 heteroatoms. The fraction of sp³-hybridized carbons (Fsp3) is 0.385. The van der Waals surface area contributed by atoms with Crippen LogP contribution in [-0.2, 0) is 5.54 Å². The van der Waals surface area contributed by atoms with E-state index in [4.69, 9.17) is 5.73 Å². The first kappa shape index (κ1) is 10.2. The number of hydrogen-bond acceptors (Lipinski definition) is 1. The van der Waals surface area contributed by atoms with E-state index in [2.05, 4.69) is 43.2 Å². The minimum Gasteiger partial charge on any atom is -0.361 e. The van der Waals surface area contributed by atoms with Crippen LogP contribution in [0.4, 0.5) is 0 Å². The lowest BCUT2D eigenvalue weighted by atomic mass is 9.86. The molecule has 2 rings (SSSR count). The molecule has 0 atom stereocenters. The van der Waals surface area contributed by atoms with Gasteiger partial charge in [-0.1, -0.05) is 32.0 Å². The van der Waals surface area contributed by atoms with Gasteiger partial charge in [-0.05, 0) is 24.5 Å². The molecule has 0 radical (unpaired) electrons. The van der Waals surface area contributed by atoms with Gasteiger partial charge in [-0.25, -0.2) is 0 Å². The van der Waals surface area contributed by atoms with Crippen LogP contribution >= 0.6 is 0 Å². The van der Waals surface area contributed by atoms with Crippen LogP contribution in [-0.4, -0.2) is 4.98 Å². The molecule has 2 aromatic rings. The largest absolute Gasteiger partial charge is 0.361 e. The molecule has 0 fully saturated rings. The number of para-hydroxylation sites is 1. The highest BCUT2D eigenvalue weighted by molar-refractivity contribution is 5.84. The van der Waals surface area contributed by atoms with Gasteiger partial charge in [0, 0.05) is 22.6 Å². The molecule has 1 aromatic heterocycles. The van der Waals surface area contributed by atoms with Crippen molar-refractivity contribution in [2.45, 2.75) is 32.2 Å². The quantitative estimate of drug-likeness (QED) is 0.788. The summed E-state index contributed by atoms with van der Waals surface area (Å²) in [5.74, 6) is 0. The summed E-state index contributed by atoms with van der Waals surface area (Å²) in [5.41, 5.74) is 8.62. The number of rotatable bonds is 3. The number of fused-ring (bicyclic) bond motifs is 1. The van der Waals surface area contributed by atoms with Gasteiger partial charge >= 0.3 is 0 Å². The number of nitrogens with two attached hydrogens (primary N) is 1. The second kappa shape index (κ2) is 3.70. The van der Waals surface area contributed by atoms with Crippen LogP contribution in [0.2, 0.25) is 0 Å². The SMILES string of the molecule is CCC(N)(CC)c1c[nH]c2ccccc12. The molecule has 0 amide bonds. The van der Waals surface area contributed by atoms with Gasteiger partial charge < -0.3 is 10.7 Å². The lowest BCUT2D eigenvalue weighted by Crippen LogP contribution is -2.34. The number of H-pyrrole nitrogens is 1. The predicted octanol–water partition coefficient (Wildman–Crippen LogP) is 3.14. The summed E-state index contributed by atoms with van der Waals surface area (Å²) >= 11 is 0. The van der Waals surface area contributed by atoms with Gasteiger partial charge in [-0.3, -0.25) is 0 Å². The fourth-order valence-corrected chi connectivity index (χ4v) is 2.11. The summed E-state index contributed by atoms with van der Waals surface area (Å²) in [4.78, 5) is 3.28. The second-order valence-corrected chi connectivity index (χ2v) is 4.11. The molecular formula is C13H18N2. The molecule has 15 heavy (non-hydrogen) atoms. The van der Waals surface area contributed by atoms with Gasteiger partial charge in [0.1, 0.15) is 0 Å².